The Balaban J connectivity index is 1.25. The van der Waals surface area contributed by atoms with Gasteiger partial charge in [-0.05, 0) is 99.0 Å². The lowest BCUT2D eigenvalue weighted by molar-refractivity contribution is 1.17. The predicted octanol–water partition coefficient (Wildman–Crippen LogP) is 10.8. The van der Waals surface area contributed by atoms with E-state index >= 15 is 0 Å². The Kier molecular flexibility index (Phi) is 6.11. The highest BCUT2D eigenvalue weighted by Gasteiger charge is 2.18. The number of para-hydroxylation sites is 2. The summed E-state index contributed by atoms with van der Waals surface area (Å²) in [6.45, 7) is 0. The maximum atomic E-state index is 5.08. The Labute approximate surface area is 281 Å². The molecule has 5 heteroatoms. The molecule has 228 valence electrons. The molecule has 4 aromatic heterocycles. The van der Waals surface area contributed by atoms with E-state index in [4.69, 9.17) is 9.97 Å². The zero-order valence-electron chi connectivity index (χ0n) is 26.3. The predicted molar refractivity (Wildman–Crippen MR) is 201 cm³/mol. The Morgan fingerprint density at radius 3 is 1.63 bits per heavy atom. The number of fused-ring (bicyclic) bond motifs is 9. The molecular formula is C44H27N5. The minimum absolute atomic E-state index is 0.660. The van der Waals surface area contributed by atoms with Crippen LogP contribution >= 0.6 is 0 Å². The quantitative estimate of drug-likeness (QED) is 0.183. The zero-order valence-corrected chi connectivity index (χ0v) is 26.3. The summed E-state index contributed by atoms with van der Waals surface area (Å²) in [5, 5.41) is 9.73. The number of hydrogen-bond acceptors (Lipinski definition) is 4. The lowest BCUT2D eigenvalue weighted by Crippen LogP contribution is -1.96. The fourth-order valence-corrected chi connectivity index (χ4v) is 7.31. The van der Waals surface area contributed by atoms with E-state index in [0.717, 1.165) is 33.8 Å². The highest BCUT2D eigenvalue weighted by molar-refractivity contribution is 6.29. The van der Waals surface area contributed by atoms with Crippen molar-refractivity contribution in [3.8, 4) is 39.6 Å². The molecule has 10 aromatic rings. The van der Waals surface area contributed by atoms with Crippen LogP contribution < -0.4 is 0 Å². The Bertz CT molecular complexity index is 2800. The summed E-state index contributed by atoms with van der Waals surface area (Å²) in [5.41, 5.74) is 8.01. The molecule has 0 aliphatic heterocycles. The number of nitrogens with zero attached hydrogens (tertiary/aromatic N) is 5. The zero-order chi connectivity index (χ0) is 32.3. The molecule has 0 N–H and O–H groups in total. The van der Waals surface area contributed by atoms with Crippen LogP contribution in [0.5, 0.6) is 0 Å². The second-order valence-electron chi connectivity index (χ2n) is 12.4. The monoisotopic (exact) mass is 625 g/mol. The first-order valence-electron chi connectivity index (χ1n) is 16.4. The number of hydrogen-bond donors (Lipinski definition) is 0. The van der Waals surface area contributed by atoms with Gasteiger partial charge in [0.1, 0.15) is 0 Å². The minimum atomic E-state index is 0.660. The van der Waals surface area contributed by atoms with Gasteiger partial charge in [0.25, 0.3) is 0 Å². The van der Waals surface area contributed by atoms with Crippen LogP contribution in [0.15, 0.2) is 164 Å². The topological polar surface area (TPSA) is 56.5 Å². The van der Waals surface area contributed by atoms with Gasteiger partial charge >= 0.3 is 0 Å². The Hall–Kier alpha value is -6.72. The lowest BCUT2D eigenvalue weighted by Gasteiger charge is -2.14. The van der Waals surface area contributed by atoms with Gasteiger partial charge in [0.05, 0.1) is 22.4 Å². The van der Waals surface area contributed by atoms with Crippen molar-refractivity contribution in [2.45, 2.75) is 0 Å². The van der Waals surface area contributed by atoms with Crippen molar-refractivity contribution in [2.75, 3.05) is 0 Å². The van der Waals surface area contributed by atoms with Gasteiger partial charge in [-0.25, -0.2) is 9.97 Å². The first-order valence-corrected chi connectivity index (χ1v) is 16.4. The summed E-state index contributed by atoms with van der Waals surface area (Å²) < 4.78 is 2.39. The van der Waals surface area contributed by atoms with Crippen LogP contribution in [0.4, 0.5) is 0 Å². The van der Waals surface area contributed by atoms with Crippen molar-refractivity contribution in [1.29, 1.82) is 0 Å². The third-order valence-electron chi connectivity index (χ3n) is 9.54. The van der Waals surface area contributed by atoms with Gasteiger partial charge in [-0.15, -0.1) is 0 Å². The average molecular weight is 626 g/mol. The summed E-state index contributed by atoms with van der Waals surface area (Å²) >= 11 is 0. The molecule has 4 heterocycles. The van der Waals surface area contributed by atoms with E-state index in [1.165, 1.54) is 54.1 Å². The molecular weight excluding hydrogens is 599 g/mol. The van der Waals surface area contributed by atoms with Crippen LogP contribution in [0, 0.1) is 0 Å². The summed E-state index contributed by atoms with van der Waals surface area (Å²) in [6, 6.07) is 49.4. The fraction of sp³-hybridized carbons (Fsp3) is 0. The van der Waals surface area contributed by atoms with Crippen LogP contribution in [-0.2, 0) is 0 Å². The molecule has 0 bridgehead atoms. The van der Waals surface area contributed by atoms with Crippen molar-refractivity contribution in [2.24, 2.45) is 0 Å². The van der Waals surface area contributed by atoms with E-state index in [-0.39, 0.29) is 0 Å². The highest BCUT2D eigenvalue weighted by atomic mass is 15.0. The second-order valence-corrected chi connectivity index (χ2v) is 12.4. The smallest absolute Gasteiger partial charge is 0.160 e. The summed E-state index contributed by atoms with van der Waals surface area (Å²) in [5.74, 6) is 0.660. The number of aromatic nitrogens is 5. The van der Waals surface area contributed by atoms with Crippen molar-refractivity contribution in [3.05, 3.63) is 164 Å². The molecule has 0 aliphatic rings. The highest BCUT2D eigenvalue weighted by Crippen LogP contribution is 2.42. The molecule has 0 atom stereocenters. The molecule has 0 aliphatic carbocycles. The van der Waals surface area contributed by atoms with Gasteiger partial charge in [-0.2, -0.15) is 0 Å². The maximum absolute atomic E-state index is 5.08. The number of rotatable bonds is 4. The van der Waals surface area contributed by atoms with Gasteiger partial charge in [-0.1, -0.05) is 72.8 Å². The molecule has 49 heavy (non-hydrogen) atoms. The molecule has 0 fully saturated rings. The van der Waals surface area contributed by atoms with Crippen LogP contribution in [-0.4, -0.2) is 24.5 Å². The van der Waals surface area contributed by atoms with E-state index in [1.54, 1.807) is 12.4 Å². The fourth-order valence-electron chi connectivity index (χ4n) is 7.31. The summed E-state index contributed by atoms with van der Waals surface area (Å²) in [7, 11) is 0. The van der Waals surface area contributed by atoms with E-state index in [1.807, 2.05) is 42.7 Å². The third kappa shape index (κ3) is 4.40. The molecule has 0 amide bonds. The first kappa shape index (κ1) is 27.4. The molecule has 0 saturated carbocycles. The normalized spacial score (nSPS) is 11.7. The first-order chi connectivity index (χ1) is 24.3. The standard InChI is InChI=1S/C44H27N5/c1-2-12-31(13-3-1)49-42-17-7-6-16-35(42)39-23-37-34-19-18-28(22-36(34)32-14-4-5-15-33(32)38(37)24-43(39)49)44-47-40(29-10-8-20-45-26-29)25-41(48-44)30-11-9-21-46-27-30/h1-27H. The molecule has 0 unspecified atom stereocenters. The molecule has 0 spiro atoms. The summed E-state index contributed by atoms with van der Waals surface area (Å²) in [6.07, 6.45) is 7.24. The average Bonchev–Trinajstić information content (AvgIpc) is 3.51. The van der Waals surface area contributed by atoms with Gasteiger partial charge < -0.3 is 4.57 Å². The third-order valence-corrected chi connectivity index (χ3v) is 9.54. The Morgan fingerprint density at radius 1 is 0.367 bits per heavy atom. The van der Waals surface area contributed by atoms with Crippen molar-refractivity contribution in [1.82, 2.24) is 24.5 Å². The largest absolute Gasteiger partial charge is 0.309 e. The van der Waals surface area contributed by atoms with Crippen LogP contribution in [0.3, 0.4) is 0 Å². The van der Waals surface area contributed by atoms with Crippen LogP contribution in [0.2, 0.25) is 0 Å². The van der Waals surface area contributed by atoms with Crippen LogP contribution in [0.1, 0.15) is 0 Å². The SMILES string of the molecule is c1ccc(-n2c3ccccc3c3cc4c5ccc(-c6nc(-c7cccnc7)cc(-c7cccnc7)n6)cc5c5ccccc5c4cc32)cc1. The van der Waals surface area contributed by atoms with E-state index in [2.05, 4.69) is 124 Å². The van der Waals surface area contributed by atoms with Gasteiger partial charge in [-0.3, -0.25) is 9.97 Å². The summed E-state index contributed by atoms with van der Waals surface area (Å²) in [4.78, 5) is 18.9. The van der Waals surface area contributed by atoms with Gasteiger partial charge in [0, 0.05) is 57.9 Å². The van der Waals surface area contributed by atoms with Crippen molar-refractivity contribution < 1.29 is 0 Å². The van der Waals surface area contributed by atoms with Gasteiger partial charge in [0.15, 0.2) is 5.82 Å². The maximum Gasteiger partial charge on any atom is 0.160 e. The van der Waals surface area contributed by atoms with E-state index in [9.17, 15) is 0 Å². The molecule has 0 radical (unpaired) electrons. The van der Waals surface area contributed by atoms with Crippen molar-refractivity contribution >= 4 is 54.1 Å². The number of pyridine rings is 2. The Morgan fingerprint density at radius 2 is 0.959 bits per heavy atom. The minimum Gasteiger partial charge on any atom is -0.309 e. The van der Waals surface area contributed by atoms with Crippen LogP contribution in [0.25, 0.3) is 93.7 Å². The molecule has 10 rings (SSSR count). The van der Waals surface area contributed by atoms with E-state index in [0.29, 0.717) is 5.82 Å². The van der Waals surface area contributed by atoms with Gasteiger partial charge in [0.2, 0.25) is 0 Å². The van der Waals surface area contributed by atoms with Crippen molar-refractivity contribution in [3.63, 3.8) is 0 Å². The second kappa shape index (κ2) is 10.9. The molecule has 5 nitrogen and oxygen atoms in total. The number of benzene rings is 6. The molecule has 0 saturated heterocycles. The lowest BCUT2D eigenvalue weighted by atomic mass is 9.92. The van der Waals surface area contributed by atoms with E-state index < -0.39 is 0 Å². The molecule has 6 aromatic carbocycles.